The van der Waals surface area contributed by atoms with E-state index in [4.69, 9.17) is 9.72 Å². The summed E-state index contributed by atoms with van der Waals surface area (Å²) in [7, 11) is 0. The van der Waals surface area contributed by atoms with Gasteiger partial charge in [-0.1, -0.05) is 63.2 Å². The molecule has 0 unspecified atom stereocenters. The maximum absolute atomic E-state index is 12.7. The third kappa shape index (κ3) is 6.10. The lowest BCUT2D eigenvalue weighted by Gasteiger charge is -2.19. The smallest absolute Gasteiger partial charge is 0.251 e. The third-order valence-electron chi connectivity index (χ3n) is 6.30. The highest BCUT2D eigenvalue weighted by molar-refractivity contribution is 5.95. The van der Waals surface area contributed by atoms with Gasteiger partial charge in [0.25, 0.3) is 5.91 Å². The zero-order valence-electron chi connectivity index (χ0n) is 21.2. The number of rotatable bonds is 9. The van der Waals surface area contributed by atoms with Crippen LogP contribution in [0.1, 0.15) is 60.9 Å². The average molecular weight is 470 g/mol. The van der Waals surface area contributed by atoms with E-state index in [-0.39, 0.29) is 11.3 Å². The van der Waals surface area contributed by atoms with Crippen LogP contribution in [0.25, 0.3) is 11.0 Å². The number of imidazole rings is 1. The summed E-state index contributed by atoms with van der Waals surface area (Å²) in [6, 6.07) is 24.1. The van der Waals surface area contributed by atoms with Gasteiger partial charge in [-0.15, -0.1) is 0 Å². The minimum Gasteiger partial charge on any atom is -0.494 e. The molecule has 3 aromatic carbocycles. The number of hydrogen-bond donors (Lipinski definition) is 1. The van der Waals surface area contributed by atoms with Gasteiger partial charge >= 0.3 is 0 Å². The highest BCUT2D eigenvalue weighted by Gasteiger charge is 2.14. The minimum absolute atomic E-state index is 0.0763. The fourth-order valence-electron chi connectivity index (χ4n) is 4.21. The average Bonchev–Trinajstić information content (AvgIpc) is 3.20. The lowest BCUT2D eigenvalue weighted by Crippen LogP contribution is -2.25. The molecule has 1 N–H and O–H groups in total. The molecule has 0 saturated carbocycles. The number of nitrogens with zero attached hydrogens (tertiary/aromatic N) is 2. The standard InChI is InChI=1S/C30H35N3O2/c1-22-11-5-6-12-25(22)29(34)31-21-28-32-26-13-7-8-14-27(26)33(28)19-9-10-20-35-24-17-15-23(16-18-24)30(2,3)4/h5-8,11-18H,9-10,19-21H2,1-4H3,(H,31,34). The number of carbonyl (C=O) groups is 1. The first kappa shape index (κ1) is 24.5. The number of aromatic nitrogens is 2. The summed E-state index contributed by atoms with van der Waals surface area (Å²) in [6.45, 7) is 10.5. The Morgan fingerprint density at radius 2 is 1.66 bits per heavy atom. The highest BCUT2D eigenvalue weighted by atomic mass is 16.5. The third-order valence-corrected chi connectivity index (χ3v) is 6.30. The first-order valence-electron chi connectivity index (χ1n) is 12.3. The molecule has 0 aliphatic carbocycles. The van der Waals surface area contributed by atoms with Crippen molar-refractivity contribution in [1.29, 1.82) is 0 Å². The predicted molar refractivity (Wildman–Crippen MR) is 142 cm³/mol. The number of para-hydroxylation sites is 2. The second kappa shape index (κ2) is 10.8. The maximum Gasteiger partial charge on any atom is 0.251 e. The summed E-state index contributed by atoms with van der Waals surface area (Å²) in [5, 5.41) is 3.05. The van der Waals surface area contributed by atoms with Crippen LogP contribution in [0.15, 0.2) is 72.8 Å². The minimum atomic E-state index is -0.0763. The van der Waals surface area contributed by atoms with E-state index in [9.17, 15) is 4.79 Å². The van der Waals surface area contributed by atoms with E-state index in [1.165, 1.54) is 5.56 Å². The Balaban J connectivity index is 1.35. The molecule has 0 fully saturated rings. The molecule has 4 aromatic rings. The summed E-state index contributed by atoms with van der Waals surface area (Å²) in [6.07, 6.45) is 1.89. The molecule has 0 aliphatic rings. The lowest BCUT2D eigenvalue weighted by molar-refractivity contribution is 0.0949. The van der Waals surface area contributed by atoms with Crippen LogP contribution in [0, 0.1) is 6.92 Å². The SMILES string of the molecule is Cc1ccccc1C(=O)NCc1nc2ccccc2n1CCCCOc1ccc(C(C)(C)C)cc1. The number of amides is 1. The van der Waals surface area contributed by atoms with Crippen LogP contribution in [0.2, 0.25) is 0 Å². The predicted octanol–water partition coefficient (Wildman–Crippen LogP) is 6.43. The molecule has 4 rings (SSSR count). The molecule has 0 radical (unpaired) electrons. The number of aryl methyl sites for hydroxylation is 2. The van der Waals surface area contributed by atoms with Crippen LogP contribution in [0.5, 0.6) is 5.75 Å². The van der Waals surface area contributed by atoms with Crippen molar-refractivity contribution in [2.24, 2.45) is 0 Å². The monoisotopic (exact) mass is 469 g/mol. The Morgan fingerprint density at radius 3 is 2.40 bits per heavy atom. The normalized spacial score (nSPS) is 11.5. The Hall–Kier alpha value is -3.60. The first-order chi connectivity index (χ1) is 16.8. The topological polar surface area (TPSA) is 56.2 Å². The Kier molecular flexibility index (Phi) is 7.54. The Bertz CT molecular complexity index is 1280. The van der Waals surface area contributed by atoms with Gasteiger partial charge in [0.2, 0.25) is 0 Å². The van der Waals surface area contributed by atoms with Crippen molar-refractivity contribution in [2.75, 3.05) is 6.61 Å². The molecule has 35 heavy (non-hydrogen) atoms. The molecular formula is C30H35N3O2. The molecule has 5 heteroatoms. The maximum atomic E-state index is 12.7. The molecule has 0 saturated heterocycles. The second-order valence-corrected chi connectivity index (χ2v) is 10.00. The van der Waals surface area contributed by atoms with Crippen LogP contribution >= 0.6 is 0 Å². The van der Waals surface area contributed by atoms with Crippen molar-refractivity contribution in [3.05, 3.63) is 95.3 Å². The van der Waals surface area contributed by atoms with E-state index in [2.05, 4.69) is 61.0 Å². The molecule has 5 nitrogen and oxygen atoms in total. The zero-order chi connectivity index (χ0) is 24.8. The highest BCUT2D eigenvalue weighted by Crippen LogP contribution is 2.24. The molecule has 1 aromatic heterocycles. The quantitative estimate of drug-likeness (QED) is 0.287. The summed E-state index contributed by atoms with van der Waals surface area (Å²) < 4.78 is 8.18. The van der Waals surface area contributed by atoms with Gasteiger partial charge in [-0.25, -0.2) is 4.98 Å². The van der Waals surface area contributed by atoms with Crippen LogP contribution in [-0.2, 0) is 18.5 Å². The summed E-state index contributed by atoms with van der Waals surface area (Å²) in [4.78, 5) is 17.5. The van der Waals surface area contributed by atoms with Crippen molar-refractivity contribution >= 4 is 16.9 Å². The van der Waals surface area contributed by atoms with E-state index in [1.807, 2.05) is 49.4 Å². The first-order valence-corrected chi connectivity index (χ1v) is 12.3. The van der Waals surface area contributed by atoms with Gasteiger partial charge in [0.05, 0.1) is 24.2 Å². The van der Waals surface area contributed by atoms with Gasteiger partial charge in [-0.2, -0.15) is 0 Å². The lowest BCUT2D eigenvalue weighted by atomic mass is 9.87. The van der Waals surface area contributed by atoms with Gasteiger partial charge < -0.3 is 14.6 Å². The Morgan fingerprint density at radius 1 is 0.943 bits per heavy atom. The van der Waals surface area contributed by atoms with E-state index in [0.29, 0.717) is 18.7 Å². The molecular weight excluding hydrogens is 434 g/mol. The molecule has 0 spiro atoms. The number of ether oxygens (including phenoxy) is 1. The second-order valence-electron chi connectivity index (χ2n) is 10.00. The van der Waals surface area contributed by atoms with Gasteiger partial charge in [0, 0.05) is 12.1 Å². The molecule has 0 aliphatic heterocycles. The van der Waals surface area contributed by atoms with Gasteiger partial charge in [0.15, 0.2) is 0 Å². The van der Waals surface area contributed by atoms with Crippen molar-refractivity contribution < 1.29 is 9.53 Å². The van der Waals surface area contributed by atoms with Crippen molar-refractivity contribution in [3.8, 4) is 5.75 Å². The Labute approximate surface area is 208 Å². The number of hydrogen-bond acceptors (Lipinski definition) is 3. The number of unbranched alkanes of at least 4 members (excludes halogenated alkanes) is 1. The number of carbonyl (C=O) groups excluding carboxylic acids is 1. The molecule has 0 atom stereocenters. The molecule has 182 valence electrons. The molecule has 1 heterocycles. The van der Waals surface area contributed by atoms with Crippen LogP contribution in [0.4, 0.5) is 0 Å². The van der Waals surface area contributed by atoms with E-state index >= 15 is 0 Å². The zero-order valence-corrected chi connectivity index (χ0v) is 21.2. The number of nitrogens with one attached hydrogen (secondary N) is 1. The van der Waals surface area contributed by atoms with Crippen molar-refractivity contribution in [3.63, 3.8) is 0 Å². The largest absolute Gasteiger partial charge is 0.494 e. The van der Waals surface area contributed by atoms with E-state index in [1.54, 1.807) is 0 Å². The van der Waals surface area contributed by atoms with Crippen LogP contribution in [0.3, 0.4) is 0 Å². The summed E-state index contributed by atoms with van der Waals surface area (Å²) in [5.74, 6) is 1.70. The summed E-state index contributed by atoms with van der Waals surface area (Å²) in [5.41, 5.74) is 5.14. The number of benzene rings is 3. The van der Waals surface area contributed by atoms with Gasteiger partial charge in [-0.3, -0.25) is 4.79 Å². The van der Waals surface area contributed by atoms with Crippen LogP contribution < -0.4 is 10.1 Å². The van der Waals surface area contributed by atoms with Gasteiger partial charge in [0.1, 0.15) is 11.6 Å². The molecule has 0 bridgehead atoms. The fourth-order valence-corrected chi connectivity index (χ4v) is 4.21. The number of fused-ring (bicyclic) bond motifs is 1. The van der Waals surface area contributed by atoms with Crippen LogP contribution in [-0.4, -0.2) is 22.1 Å². The van der Waals surface area contributed by atoms with Crippen molar-refractivity contribution in [2.45, 2.75) is 59.0 Å². The summed E-state index contributed by atoms with van der Waals surface area (Å²) >= 11 is 0. The van der Waals surface area contributed by atoms with E-state index < -0.39 is 0 Å². The van der Waals surface area contributed by atoms with Crippen molar-refractivity contribution in [1.82, 2.24) is 14.9 Å². The van der Waals surface area contributed by atoms with E-state index in [0.717, 1.165) is 47.6 Å². The molecule has 1 amide bonds. The fraction of sp³-hybridized carbons (Fsp3) is 0.333. The van der Waals surface area contributed by atoms with Gasteiger partial charge in [-0.05, 0) is 66.6 Å².